The third-order valence-corrected chi connectivity index (χ3v) is 3.13. The third-order valence-electron chi connectivity index (χ3n) is 3.13. The fourth-order valence-electron chi connectivity index (χ4n) is 1.97. The van der Waals surface area contributed by atoms with Crippen molar-refractivity contribution in [1.29, 1.82) is 0 Å². The van der Waals surface area contributed by atoms with E-state index in [4.69, 9.17) is 4.52 Å². The monoisotopic (exact) mass is 328 g/mol. The van der Waals surface area contributed by atoms with E-state index in [0.717, 1.165) is 4.68 Å². The van der Waals surface area contributed by atoms with Crippen molar-refractivity contribution in [3.8, 4) is 0 Å². The molecule has 0 saturated heterocycles. The third kappa shape index (κ3) is 3.48. The minimum absolute atomic E-state index is 0.0265. The highest BCUT2D eigenvalue weighted by Crippen LogP contribution is 2.17. The van der Waals surface area contributed by atoms with Crippen molar-refractivity contribution in [3.05, 3.63) is 52.6 Å². The van der Waals surface area contributed by atoms with Gasteiger partial charge in [-0.2, -0.15) is 10.1 Å². The van der Waals surface area contributed by atoms with Gasteiger partial charge >= 0.3 is 0 Å². The Balaban J connectivity index is 1.57. The molecule has 0 saturated carbocycles. The Morgan fingerprint density at radius 3 is 3.04 bits per heavy atom. The van der Waals surface area contributed by atoms with Crippen LogP contribution in [0.15, 0.2) is 44.8 Å². The van der Waals surface area contributed by atoms with Gasteiger partial charge in [0.15, 0.2) is 5.82 Å². The highest BCUT2D eigenvalue weighted by Gasteiger charge is 2.24. The SMILES string of the molecule is O=C(Cn1ncccc1=O)NCc1nc(C2C=CC=NC2=O)no1. The number of amides is 2. The van der Waals surface area contributed by atoms with Crippen LogP contribution in [0.1, 0.15) is 17.6 Å². The lowest BCUT2D eigenvalue weighted by Gasteiger charge is -2.05. The Morgan fingerprint density at radius 2 is 2.25 bits per heavy atom. The fraction of sp³-hybridized carbons (Fsp3) is 0.214. The molecule has 122 valence electrons. The minimum Gasteiger partial charge on any atom is -0.345 e. The molecule has 0 fully saturated rings. The first-order valence-electron chi connectivity index (χ1n) is 6.99. The first kappa shape index (κ1) is 15.5. The van der Waals surface area contributed by atoms with Crippen LogP contribution in [-0.4, -0.2) is 38.0 Å². The van der Waals surface area contributed by atoms with Gasteiger partial charge in [-0.1, -0.05) is 11.2 Å². The van der Waals surface area contributed by atoms with Crippen LogP contribution in [0, 0.1) is 0 Å². The summed E-state index contributed by atoms with van der Waals surface area (Å²) in [5, 5.41) is 10.0. The maximum Gasteiger partial charge on any atom is 0.267 e. The van der Waals surface area contributed by atoms with E-state index in [-0.39, 0.29) is 36.3 Å². The molecule has 1 aliphatic rings. The number of aromatic nitrogens is 4. The highest BCUT2D eigenvalue weighted by atomic mass is 16.5. The maximum atomic E-state index is 11.8. The smallest absolute Gasteiger partial charge is 0.267 e. The molecular formula is C14H12N6O4. The van der Waals surface area contributed by atoms with Crippen LogP contribution in [-0.2, 0) is 22.7 Å². The van der Waals surface area contributed by atoms with E-state index in [0.29, 0.717) is 0 Å². The predicted molar refractivity (Wildman–Crippen MR) is 80.0 cm³/mol. The van der Waals surface area contributed by atoms with Crippen molar-refractivity contribution in [2.24, 2.45) is 4.99 Å². The summed E-state index contributed by atoms with van der Waals surface area (Å²) >= 11 is 0. The summed E-state index contributed by atoms with van der Waals surface area (Å²) in [7, 11) is 0. The molecule has 0 bridgehead atoms. The van der Waals surface area contributed by atoms with Gasteiger partial charge < -0.3 is 9.84 Å². The van der Waals surface area contributed by atoms with E-state index in [1.807, 2.05) is 0 Å². The quantitative estimate of drug-likeness (QED) is 0.759. The lowest BCUT2D eigenvalue weighted by molar-refractivity contribution is -0.122. The molecule has 1 N–H and O–H groups in total. The van der Waals surface area contributed by atoms with Crippen LogP contribution in [0.3, 0.4) is 0 Å². The zero-order valence-corrected chi connectivity index (χ0v) is 12.3. The molecule has 1 aliphatic heterocycles. The van der Waals surface area contributed by atoms with Crippen molar-refractivity contribution < 1.29 is 14.1 Å². The topological polar surface area (TPSA) is 132 Å². The fourth-order valence-corrected chi connectivity index (χ4v) is 1.97. The van der Waals surface area contributed by atoms with Crippen molar-refractivity contribution >= 4 is 18.0 Å². The van der Waals surface area contributed by atoms with Crippen molar-refractivity contribution in [3.63, 3.8) is 0 Å². The van der Waals surface area contributed by atoms with Crippen LogP contribution in [0.5, 0.6) is 0 Å². The second kappa shape index (κ2) is 6.77. The summed E-state index contributed by atoms with van der Waals surface area (Å²) in [4.78, 5) is 42.6. The molecule has 3 rings (SSSR count). The Labute approximate surface area is 134 Å². The van der Waals surface area contributed by atoms with Gasteiger partial charge in [-0.15, -0.1) is 0 Å². The molecule has 1 atom stereocenters. The largest absolute Gasteiger partial charge is 0.345 e. The molecule has 1 unspecified atom stereocenters. The van der Waals surface area contributed by atoms with E-state index in [9.17, 15) is 14.4 Å². The number of hydrogen-bond donors (Lipinski definition) is 1. The lowest BCUT2D eigenvalue weighted by Crippen LogP contribution is -2.32. The second-order valence-corrected chi connectivity index (χ2v) is 4.82. The number of nitrogens with one attached hydrogen (secondary N) is 1. The lowest BCUT2D eigenvalue weighted by atomic mass is 10.1. The maximum absolute atomic E-state index is 11.8. The minimum atomic E-state index is -0.685. The molecule has 3 heterocycles. The van der Waals surface area contributed by atoms with E-state index < -0.39 is 11.8 Å². The zero-order chi connectivity index (χ0) is 16.9. The highest BCUT2D eigenvalue weighted by molar-refractivity contribution is 5.96. The van der Waals surface area contributed by atoms with Gasteiger partial charge in [-0.05, 0) is 12.1 Å². The van der Waals surface area contributed by atoms with Crippen LogP contribution < -0.4 is 10.9 Å². The van der Waals surface area contributed by atoms with E-state index in [2.05, 4.69) is 25.5 Å². The summed E-state index contributed by atoms with van der Waals surface area (Å²) in [6.07, 6.45) is 6.03. The summed E-state index contributed by atoms with van der Waals surface area (Å²) in [5.41, 5.74) is -0.379. The number of nitrogens with zero attached hydrogens (tertiary/aromatic N) is 5. The first-order chi connectivity index (χ1) is 11.6. The average molecular weight is 328 g/mol. The summed E-state index contributed by atoms with van der Waals surface area (Å²) in [5.74, 6) is -1.19. The molecule has 0 radical (unpaired) electrons. The standard InChI is InChI=1S/C14H12N6O4/c21-10(8-20-12(22)4-2-6-17-20)16-7-11-18-13(19-24-11)9-3-1-5-15-14(9)23/h1-6,9H,7-8H2,(H,16,21). The molecule has 24 heavy (non-hydrogen) atoms. The Hall–Kier alpha value is -3.43. The number of carbonyl (C=O) groups excluding carboxylic acids is 2. The van der Waals surface area contributed by atoms with Gasteiger partial charge in [0.25, 0.3) is 11.5 Å². The van der Waals surface area contributed by atoms with Gasteiger partial charge in [-0.3, -0.25) is 14.4 Å². The van der Waals surface area contributed by atoms with E-state index >= 15 is 0 Å². The number of allylic oxidation sites excluding steroid dienone is 1. The number of rotatable bonds is 5. The molecule has 0 spiro atoms. The molecule has 10 nitrogen and oxygen atoms in total. The Bertz CT molecular complexity index is 881. The van der Waals surface area contributed by atoms with Gasteiger partial charge in [0.05, 0.1) is 6.54 Å². The number of hydrogen-bond acceptors (Lipinski definition) is 7. The van der Waals surface area contributed by atoms with Crippen molar-refractivity contribution in [1.82, 2.24) is 25.2 Å². The van der Waals surface area contributed by atoms with Crippen LogP contribution >= 0.6 is 0 Å². The predicted octanol–water partition coefficient (Wildman–Crippen LogP) is -0.806. The summed E-state index contributed by atoms with van der Waals surface area (Å²) < 4.78 is 6.02. The first-order valence-corrected chi connectivity index (χ1v) is 6.99. The van der Waals surface area contributed by atoms with Crippen LogP contribution in [0.25, 0.3) is 0 Å². The van der Waals surface area contributed by atoms with Gasteiger partial charge in [0, 0.05) is 18.5 Å². The van der Waals surface area contributed by atoms with Gasteiger partial charge in [-0.25, -0.2) is 9.67 Å². The second-order valence-electron chi connectivity index (χ2n) is 4.82. The Kier molecular flexibility index (Phi) is 4.36. The van der Waals surface area contributed by atoms with Crippen molar-refractivity contribution in [2.75, 3.05) is 0 Å². The molecule has 2 amide bonds. The van der Waals surface area contributed by atoms with Crippen LogP contribution in [0.2, 0.25) is 0 Å². The van der Waals surface area contributed by atoms with E-state index in [1.165, 1.54) is 24.5 Å². The molecule has 2 aromatic heterocycles. The van der Waals surface area contributed by atoms with Crippen molar-refractivity contribution in [2.45, 2.75) is 19.0 Å². The van der Waals surface area contributed by atoms with Gasteiger partial charge in [0.2, 0.25) is 11.8 Å². The van der Waals surface area contributed by atoms with E-state index in [1.54, 1.807) is 12.2 Å². The van der Waals surface area contributed by atoms with Crippen LogP contribution in [0.4, 0.5) is 0 Å². The molecule has 0 aliphatic carbocycles. The molecule has 10 heteroatoms. The average Bonchev–Trinajstić information content (AvgIpc) is 3.04. The Morgan fingerprint density at radius 1 is 1.38 bits per heavy atom. The van der Waals surface area contributed by atoms with Gasteiger partial charge in [0.1, 0.15) is 12.5 Å². The number of carbonyl (C=O) groups is 2. The molecule has 2 aromatic rings. The number of dihydropyridines is 1. The number of aliphatic imine (C=N–C) groups is 1. The molecule has 0 aromatic carbocycles. The summed E-state index contributed by atoms with van der Waals surface area (Å²) in [6.45, 7) is -0.249. The normalized spacial score (nSPS) is 16.3. The zero-order valence-electron chi connectivity index (χ0n) is 12.3. The summed E-state index contributed by atoms with van der Waals surface area (Å²) in [6, 6.07) is 2.80. The molecular weight excluding hydrogens is 316 g/mol.